The molecule has 1 atom stereocenters. The average Bonchev–Trinajstić information content (AvgIpc) is 2.76. The minimum absolute atomic E-state index is 0.106. The number of carbonyl (C=O) groups excluding carboxylic acids is 2. The Bertz CT molecular complexity index is 803. The number of anilines is 1. The first-order valence-electron chi connectivity index (χ1n) is 9.78. The highest BCUT2D eigenvalue weighted by atomic mass is 16.6. The predicted octanol–water partition coefficient (Wildman–Crippen LogP) is 3.15. The highest BCUT2D eigenvalue weighted by Crippen LogP contribution is 2.25. The zero-order valence-electron chi connectivity index (χ0n) is 16.8. The van der Waals surface area contributed by atoms with Crippen LogP contribution in [0.25, 0.3) is 0 Å². The van der Waals surface area contributed by atoms with Crippen LogP contribution in [0.2, 0.25) is 0 Å². The molecule has 1 heterocycles. The molecule has 1 N–H and O–H groups in total. The first-order chi connectivity index (χ1) is 14.1. The summed E-state index contributed by atoms with van der Waals surface area (Å²) in [7, 11) is 1.61. The molecule has 0 radical (unpaired) electrons. The number of amides is 2. The molecule has 7 heteroatoms. The molecule has 0 aliphatic carbocycles. The van der Waals surface area contributed by atoms with Gasteiger partial charge < -0.3 is 19.7 Å². The summed E-state index contributed by atoms with van der Waals surface area (Å²) >= 11 is 0. The molecule has 2 amide bonds. The fourth-order valence-corrected chi connectivity index (χ4v) is 3.43. The number of nitrogens with one attached hydrogen (secondary N) is 1. The highest BCUT2D eigenvalue weighted by Gasteiger charge is 2.32. The van der Waals surface area contributed by atoms with Crippen molar-refractivity contribution < 1.29 is 19.1 Å². The fourth-order valence-electron chi connectivity index (χ4n) is 3.43. The standard InChI is InChI=1S/C22H27N3O4/c1-3-29-22(27)25-15-13-24(14-16-25)20(17-7-5-4-6-8-17)21(26)23-18-9-11-19(28-2)12-10-18/h4-12,20H,3,13-16H2,1-2H3,(H,23,26). The summed E-state index contributed by atoms with van der Waals surface area (Å²) in [6.45, 7) is 4.39. The summed E-state index contributed by atoms with van der Waals surface area (Å²) in [5.41, 5.74) is 1.63. The van der Waals surface area contributed by atoms with Gasteiger partial charge in [-0.3, -0.25) is 9.69 Å². The van der Waals surface area contributed by atoms with Crippen LogP contribution in [0.4, 0.5) is 10.5 Å². The van der Waals surface area contributed by atoms with Crippen molar-refractivity contribution in [3.63, 3.8) is 0 Å². The van der Waals surface area contributed by atoms with Gasteiger partial charge in [-0.2, -0.15) is 0 Å². The van der Waals surface area contributed by atoms with Crippen LogP contribution < -0.4 is 10.1 Å². The molecule has 1 saturated heterocycles. The molecule has 0 aromatic heterocycles. The molecule has 29 heavy (non-hydrogen) atoms. The van der Waals surface area contributed by atoms with Gasteiger partial charge in [-0.05, 0) is 36.8 Å². The second-order valence-corrected chi connectivity index (χ2v) is 6.75. The highest BCUT2D eigenvalue weighted by molar-refractivity contribution is 5.95. The lowest BCUT2D eigenvalue weighted by Gasteiger charge is -2.38. The van der Waals surface area contributed by atoms with Crippen molar-refractivity contribution in [3.8, 4) is 5.75 Å². The third kappa shape index (κ3) is 5.26. The van der Waals surface area contributed by atoms with Gasteiger partial charge in [-0.15, -0.1) is 0 Å². The second-order valence-electron chi connectivity index (χ2n) is 6.75. The van der Waals surface area contributed by atoms with E-state index in [-0.39, 0.29) is 12.0 Å². The molecule has 7 nitrogen and oxygen atoms in total. The maximum absolute atomic E-state index is 13.2. The van der Waals surface area contributed by atoms with E-state index in [1.165, 1.54) is 0 Å². The quantitative estimate of drug-likeness (QED) is 0.811. The van der Waals surface area contributed by atoms with Gasteiger partial charge in [0.2, 0.25) is 5.91 Å². The molecule has 0 bridgehead atoms. The summed E-state index contributed by atoms with van der Waals surface area (Å²) in [4.78, 5) is 28.9. The number of hydrogen-bond donors (Lipinski definition) is 1. The van der Waals surface area contributed by atoms with E-state index in [0.717, 1.165) is 11.3 Å². The van der Waals surface area contributed by atoms with Crippen molar-refractivity contribution >= 4 is 17.7 Å². The molecule has 154 valence electrons. The number of nitrogens with zero attached hydrogens (tertiary/aromatic N) is 2. The first kappa shape index (κ1) is 20.7. The Labute approximate surface area is 171 Å². The van der Waals surface area contributed by atoms with Crippen LogP contribution in [0.3, 0.4) is 0 Å². The van der Waals surface area contributed by atoms with Crippen molar-refractivity contribution in [1.82, 2.24) is 9.80 Å². The van der Waals surface area contributed by atoms with Crippen molar-refractivity contribution in [3.05, 3.63) is 60.2 Å². The number of benzene rings is 2. The maximum atomic E-state index is 13.2. The molecule has 3 rings (SSSR count). The maximum Gasteiger partial charge on any atom is 0.409 e. The van der Waals surface area contributed by atoms with Crippen molar-refractivity contribution in [2.24, 2.45) is 0 Å². The molecular weight excluding hydrogens is 370 g/mol. The Morgan fingerprint density at radius 3 is 2.24 bits per heavy atom. The van der Waals surface area contributed by atoms with E-state index in [9.17, 15) is 9.59 Å². The number of hydrogen-bond acceptors (Lipinski definition) is 5. The van der Waals surface area contributed by atoms with Crippen LogP contribution in [0, 0.1) is 0 Å². The minimum Gasteiger partial charge on any atom is -0.497 e. The monoisotopic (exact) mass is 397 g/mol. The van der Waals surface area contributed by atoms with Gasteiger partial charge in [0.05, 0.1) is 13.7 Å². The lowest BCUT2D eigenvalue weighted by Crippen LogP contribution is -2.51. The molecule has 2 aromatic carbocycles. The van der Waals surface area contributed by atoms with Gasteiger partial charge in [0.1, 0.15) is 11.8 Å². The van der Waals surface area contributed by atoms with Crippen molar-refractivity contribution in [1.29, 1.82) is 0 Å². The Balaban J connectivity index is 1.73. The molecule has 0 spiro atoms. The van der Waals surface area contributed by atoms with E-state index in [1.807, 2.05) is 54.6 Å². The minimum atomic E-state index is -0.442. The van der Waals surface area contributed by atoms with Crippen molar-refractivity contribution in [2.45, 2.75) is 13.0 Å². The number of piperazine rings is 1. The first-order valence-corrected chi connectivity index (χ1v) is 9.78. The summed E-state index contributed by atoms with van der Waals surface area (Å²) in [6, 6.07) is 16.5. The average molecular weight is 397 g/mol. The normalized spacial score (nSPS) is 15.4. The Kier molecular flexibility index (Phi) is 7.08. The third-order valence-corrected chi connectivity index (χ3v) is 4.93. The molecule has 2 aromatic rings. The third-order valence-electron chi connectivity index (χ3n) is 4.93. The van der Waals surface area contributed by atoms with Gasteiger partial charge >= 0.3 is 6.09 Å². The van der Waals surface area contributed by atoms with E-state index >= 15 is 0 Å². The Morgan fingerprint density at radius 1 is 1.00 bits per heavy atom. The summed E-state index contributed by atoms with van der Waals surface area (Å²) < 4.78 is 10.3. The Hall–Kier alpha value is -3.06. The van der Waals surface area contributed by atoms with Gasteiger partial charge in [0.25, 0.3) is 0 Å². The van der Waals surface area contributed by atoms with Crippen LogP contribution in [0.15, 0.2) is 54.6 Å². The van der Waals surface area contributed by atoms with Crippen molar-refractivity contribution in [2.75, 3.05) is 45.2 Å². The van der Waals surface area contributed by atoms with Gasteiger partial charge in [-0.1, -0.05) is 30.3 Å². The summed E-state index contributed by atoms with van der Waals surface area (Å²) in [5, 5.41) is 3.00. The van der Waals surface area contributed by atoms with Gasteiger partial charge in [0, 0.05) is 31.9 Å². The van der Waals surface area contributed by atoms with Crippen LogP contribution in [0.1, 0.15) is 18.5 Å². The molecule has 1 unspecified atom stereocenters. The largest absolute Gasteiger partial charge is 0.497 e. The topological polar surface area (TPSA) is 71.1 Å². The number of carbonyl (C=O) groups is 2. The zero-order valence-corrected chi connectivity index (χ0v) is 16.8. The molecule has 1 fully saturated rings. The van der Waals surface area contributed by atoms with Gasteiger partial charge in [-0.25, -0.2) is 4.79 Å². The number of ether oxygens (including phenoxy) is 2. The molecule has 1 aliphatic rings. The van der Waals surface area contributed by atoms with Gasteiger partial charge in [0.15, 0.2) is 0 Å². The van der Waals surface area contributed by atoms with Crippen LogP contribution >= 0.6 is 0 Å². The smallest absolute Gasteiger partial charge is 0.409 e. The number of rotatable bonds is 6. The zero-order chi connectivity index (χ0) is 20.6. The SMILES string of the molecule is CCOC(=O)N1CCN(C(C(=O)Nc2ccc(OC)cc2)c2ccccc2)CC1. The van der Waals surface area contributed by atoms with E-state index in [4.69, 9.17) is 9.47 Å². The fraction of sp³-hybridized carbons (Fsp3) is 0.364. The van der Waals surface area contributed by atoms with Crippen LogP contribution in [0.5, 0.6) is 5.75 Å². The molecule has 1 aliphatic heterocycles. The van der Waals surface area contributed by atoms with E-state index in [1.54, 1.807) is 18.9 Å². The van der Waals surface area contributed by atoms with Crippen LogP contribution in [-0.2, 0) is 9.53 Å². The summed E-state index contributed by atoms with van der Waals surface area (Å²) in [6.07, 6.45) is -0.300. The lowest BCUT2D eigenvalue weighted by molar-refractivity contribution is -0.122. The predicted molar refractivity (Wildman–Crippen MR) is 111 cm³/mol. The Morgan fingerprint density at radius 2 is 1.66 bits per heavy atom. The summed E-state index contributed by atoms with van der Waals surface area (Å²) in [5.74, 6) is 0.628. The molecular formula is C22H27N3O4. The lowest BCUT2D eigenvalue weighted by atomic mass is 10.0. The van der Waals surface area contributed by atoms with E-state index in [2.05, 4.69) is 10.2 Å². The number of methoxy groups -OCH3 is 1. The van der Waals surface area contributed by atoms with E-state index in [0.29, 0.717) is 38.5 Å². The second kappa shape index (κ2) is 9.93. The van der Waals surface area contributed by atoms with E-state index < -0.39 is 6.04 Å². The molecule has 0 saturated carbocycles. The van der Waals surface area contributed by atoms with Crippen LogP contribution in [-0.4, -0.2) is 61.7 Å².